The van der Waals surface area contributed by atoms with Gasteiger partial charge in [0.15, 0.2) is 5.79 Å². The molecule has 0 radical (unpaired) electrons. The Labute approximate surface area is 188 Å². The van der Waals surface area contributed by atoms with Crippen LogP contribution in [0.4, 0.5) is 0 Å². The SMILES string of the molecule is C=CCCC(C#CCOCc1ccccc1)C[C@]1(C)[C@@H](C/C=C\C)CCC12OCCO2. The number of hydrogen-bond donors (Lipinski definition) is 0. The molecule has 1 aliphatic heterocycles. The lowest BCUT2D eigenvalue weighted by Crippen LogP contribution is -2.47. The van der Waals surface area contributed by atoms with Gasteiger partial charge in [-0.25, -0.2) is 0 Å². The van der Waals surface area contributed by atoms with Crippen molar-refractivity contribution >= 4 is 0 Å². The van der Waals surface area contributed by atoms with E-state index in [0.29, 0.717) is 32.3 Å². The highest BCUT2D eigenvalue weighted by Gasteiger charge is 2.60. The molecule has 1 aliphatic carbocycles. The van der Waals surface area contributed by atoms with Crippen molar-refractivity contribution in [1.29, 1.82) is 0 Å². The van der Waals surface area contributed by atoms with Gasteiger partial charge in [-0.05, 0) is 50.5 Å². The lowest BCUT2D eigenvalue weighted by Gasteiger charge is -2.44. The fourth-order valence-electron chi connectivity index (χ4n) is 5.24. The van der Waals surface area contributed by atoms with E-state index in [9.17, 15) is 0 Å². The molecule has 3 heteroatoms. The minimum atomic E-state index is -0.447. The molecule has 1 aromatic carbocycles. The number of ether oxygens (including phenoxy) is 3. The van der Waals surface area contributed by atoms with Gasteiger partial charge in [-0.15, -0.1) is 6.58 Å². The second-order valence-electron chi connectivity index (χ2n) is 8.97. The minimum Gasteiger partial charge on any atom is -0.364 e. The predicted octanol–water partition coefficient (Wildman–Crippen LogP) is 6.30. The smallest absolute Gasteiger partial charge is 0.174 e. The molecule has 3 atom stereocenters. The van der Waals surface area contributed by atoms with E-state index in [0.717, 1.165) is 38.5 Å². The molecule has 1 saturated heterocycles. The van der Waals surface area contributed by atoms with Crippen molar-refractivity contribution in [2.24, 2.45) is 17.3 Å². The molecule has 1 spiro atoms. The first-order valence-electron chi connectivity index (χ1n) is 11.7. The summed E-state index contributed by atoms with van der Waals surface area (Å²) in [5.74, 6) is 7.19. The van der Waals surface area contributed by atoms with Crippen molar-refractivity contribution in [2.45, 2.75) is 64.8 Å². The van der Waals surface area contributed by atoms with E-state index in [4.69, 9.17) is 14.2 Å². The first kappa shape index (κ1) is 23.8. The van der Waals surface area contributed by atoms with Gasteiger partial charge in [-0.3, -0.25) is 0 Å². The van der Waals surface area contributed by atoms with E-state index in [-0.39, 0.29) is 11.3 Å². The summed E-state index contributed by atoms with van der Waals surface area (Å²) in [6, 6.07) is 10.2. The maximum atomic E-state index is 6.29. The average molecular weight is 423 g/mol. The monoisotopic (exact) mass is 422 g/mol. The second-order valence-corrected chi connectivity index (χ2v) is 8.97. The van der Waals surface area contributed by atoms with E-state index in [2.05, 4.69) is 56.6 Å². The summed E-state index contributed by atoms with van der Waals surface area (Å²) in [6.07, 6.45) is 12.6. The molecule has 31 heavy (non-hydrogen) atoms. The lowest BCUT2D eigenvalue weighted by atomic mass is 9.68. The third-order valence-corrected chi connectivity index (χ3v) is 6.98. The number of hydrogen-bond acceptors (Lipinski definition) is 3. The molecule has 0 bridgehead atoms. The van der Waals surface area contributed by atoms with Gasteiger partial charge < -0.3 is 14.2 Å². The first-order chi connectivity index (χ1) is 15.1. The van der Waals surface area contributed by atoms with Crippen LogP contribution in [0.2, 0.25) is 0 Å². The summed E-state index contributed by atoms with van der Waals surface area (Å²) in [7, 11) is 0. The first-order valence-corrected chi connectivity index (χ1v) is 11.7. The standard InChI is InChI=1S/C28H38O3/c1-4-6-12-24(15-11-19-29-23-25-13-9-8-10-14-25)22-27(3)26(16-7-5-2)17-18-28(27)30-20-21-31-28/h4-5,7-10,13-14,24,26H,1,6,12,16-23H2,2-3H3/b7-5-/t24?,26-,27+/m0/s1. The van der Waals surface area contributed by atoms with E-state index in [1.54, 1.807) is 0 Å². The molecule has 1 aromatic rings. The van der Waals surface area contributed by atoms with Gasteiger partial charge in [-0.1, -0.05) is 67.3 Å². The van der Waals surface area contributed by atoms with Crippen LogP contribution in [0.3, 0.4) is 0 Å². The molecule has 3 rings (SSSR count). The zero-order valence-corrected chi connectivity index (χ0v) is 19.3. The van der Waals surface area contributed by atoms with Crippen molar-refractivity contribution in [1.82, 2.24) is 0 Å². The summed E-state index contributed by atoms with van der Waals surface area (Å²) in [5, 5.41) is 0. The fraction of sp³-hybridized carbons (Fsp3) is 0.571. The van der Waals surface area contributed by atoms with Crippen LogP contribution in [0.1, 0.15) is 57.9 Å². The number of benzene rings is 1. The fourth-order valence-corrected chi connectivity index (χ4v) is 5.24. The van der Waals surface area contributed by atoms with Gasteiger partial charge in [0.1, 0.15) is 6.61 Å². The van der Waals surface area contributed by atoms with Crippen LogP contribution in [-0.4, -0.2) is 25.6 Å². The van der Waals surface area contributed by atoms with Gasteiger partial charge >= 0.3 is 0 Å². The molecule has 1 saturated carbocycles. The Kier molecular flexibility index (Phi) is 8.96. The topological polar surface area (TPSA) is 27.7 Å². The van der Waals surface area contributed by atoms with Crippen LogP contribution in [0.25, 0.3) is 0 Å². The Morgan fingerprint density at radius 1 is 1.26 bits per heavy atom. The predicted molar refractivity (Wildman–Crippen MR) is 126 cm³/mol. The van der Waals surface area contributed by atoms with Crippen molar-refractivity contribution in [2.75, 3.05) is 19.8 Å². The summed E-state index contributed by atoms with van der Waals surface area (Å²) < 4.78 is 18.4. The Morgan fingerprint density at radius 3 is 2.74 bits per heavy atom. The van der Waals surface area contributed by atoms with E-state index < -0.39 is 5.79 Å². The zero-order chi connectivity index (χ0) is 22.0. The molecule has 1 unspecified atom stereocenters. The van der Waals surface area contributed by atoms with Gasteiger partial charge in [0, 0.05) is 17.8 Å². The van der Waals surface area contributed by atoms with Gasteiger partial charge in [-0.2, -0.15) is 0 Å². The second kappa shape index (κ2) is 11.7. The molecule has 2 fully saturated rings. The third kappa shape index (κ3) is 5.89. The van der Waals surface area contributed by atoms with E-state index in [1.807, 2.05) is 24.3 Å². The van der Waals surface area contributed by atoms with E-state index in [1.165, 1.54) is 5.56 Å². The van der Waals surface area contributed by atoms with Crippen molar-refractivity contribution in [3.05, 3.63) is 60.7 Å². The van der Waals surface area contributed by atoms with Gasteiger partial charge in [0.05, 0.1) is 19.8 Å². The molecule has 168 valence electrons. The number of allylic oxidation sites excluding steroid dienone is 3. The van der Waals surface area contributed by atoms with E-state index >= 15 is 0 Å². The van der Waals surface area contributed by atoms with Crippen molar-refractivity contribution in [3.8, 4) is 11.8 Å². The summed E-state index contributed by atoms with van der Waals surface area (Å²) in [5.41, 5.74) is 1.13. The Balaban J connectivity index is 1.67. The normalized spacial score (nSPS) is 25.5. The molecular formula is C28H38O3. The highest BCUT2D eigenvalue weighted by Crippen LogP contribution is 2.59. The summed E-state index contributed by atoms with van der Waals surface area (Å²) in [6.45, 7) is 10.8. The van der Waals surface area contributed by atoms with Crippen LogP contribution in [0.15, 0.2) is 55.1 Å². The molecule has 2 aliphatic rings. The van der Waals surface area contributed by atoms with Crippen LogP contribution < -0.4 is 0 Å². The Hall–Kier alpha value is -1.86. The van der Waals surface area contributed by atoms with Crippen LogP contribution in [-0.2, 0) is 20.8 Å². The maximum Gasteiger partial charge on any atom is 0.174 e. The molecule has 1 heterocycles. The average Bonchev–Trinajstić information content (AvgIpc) is 3.37. The van der Waals surface area contributed by atoms with Crippen LogP contribution in [0.5, 0.6) is 0 Å². The highest BCUT2D eigenvalue weighted by atomic mass is 16.7. The molecule has 0 aromatic heterocycles. The quantitative estimate of drug-likeness (QED) is 0.251. The van der Waals surface area contributed by atoms with Crippen molar-refractivity contribution < 1.29 is 14.2 Å². The largest absolute Gasteiger partial charge is 0.364 e. The molecule has 3 nitrogen and oxygen atoms in total. The summed E-state index contributed by atoms with van der Waals surface area (Å²) in [4.78, 5) is 0. The van der Waals surface area contributed by atoms with Crippen LogP contribution in [0, 0.1) is 29.1 Å². The lowest BCUT2D eigenvalue weighted by molar-refractivity contribution is -0.228. The maximum absolute atomic E-state index is 6.29. The molecule has 0 amide bonds. The number of rotatable bonds is 10. The third-order valence-electron chi connectivity index (χ3n) is 6.98. The van der Waals surface area contributed by atoms with Crippen LogP contribution >= 0.6 is 0 Å². The molecular weight excluding hydrogens is 384 g/mol. The van der Waals surface area contributed by atoms with Gasteiger partial charge in [0.25, 0.3) is 0 Å². The van der Waals surface area contributed by atoms with Crippen molar-refractivity contribution in [3.63, 3.8) is 0 Å². The Morgan fingerprint density at radius 2 is 2.03 bits per heavy atom. The highest BCUT2D eigenvalue weighted by molar-refractivity contribution is 5.14. The summed E-state index contributed by atoms with van der Waals surface area (Å²) >= 11 is 0. The van der Waals surface area contributed by atoms with Gasteiger partial charge in [0.2, 0.25) is 0 Å². The zero-order valence-electron chi connectivity index (χ0n) is 19.3. The Bertz CT molecular complexity index is 766. The minimum absolute atomic E-state index is 0.0472. The molecule has 0 N–H and O–H groups in total.